The van der Waals surface area contributed by atoms with Gasteiger partial charge in [-0.15, -0.1) is 0 Å². The van der Waals surface area contributed by atoms with Crippen LogP contribution in [0.5, 0.6) is 0 Å². The van der Waals surface area contributed by atoms with Crippen LogP contribution in [0.2, 0.25) is 0 Å². The van der Waals surface area contributed by atoms with E-state index in [1.54, 1.807) is 18.2 Å². The number of furan rings is 1. The molecule has 0 N–H and O–H groups in total. The number of hydrogen-bond acceptors (Lipinski definition) is 5. The van der Waals surface area contributed by atoms with Crippen LogP contribution in [0.15, 0.2) is 28.1 Å². The fourth-order valence-electron chi connectivity index (χ4n) is 0.952. The minimum atomic E-state index is -3.49. The molecular formula is C9H10NO4P. The maximum Gasteiger partial charge on any atom is 0.371 e. The van der Waals surface area contributed by atoms with Crippen LogP contribution < -0.4 is 0 Å². The van der Waals surface area contributed by atoms with Gasteiger partial charge in [0.1, 0.15) is 17.1 Å². The van der Waals surface area contributed by atoms with E-state index in [1.165, 1.54) is 26.6 Å². The Hall–Kier alpha value is -1.34. The number of allylic oxidation sites excluding steroid dienone is 1. The first-order valence-corrected chi connectivity index (χ1v) is 5.58. The van der Waals surface area contributed by atoms with E-state index < -0.39 is 7.60 Å². The van der Waals surface area contributed by atoms with Gasteiger partial charge in [0.2, 0.25) is 0 Å². The lowest BCUT2D eigenvalue weighted by Gasteiger charge is -2.11. The minimum absolute atomic E-state index is 0.0950. The summed E-state index contributed by atoms with van der Waals surface area (Å²) in [5.74, 6) is 0.417. The zero-order valence-electron chi connectivity index (χ0n) is 8.34. The van der Waals surface area contributed by atoms with Crippen molar-refractivity contribution >= 4 is 13.7 Å². The van der Waals surface area contributed by atoms with Crippen molar-refractivity contribution in [2.75, 3.05) is 14.2 Å². The highest BCUT2D eigenvalue weighted by Crippen LogP contribution is 2.54. The summed E-state index contributed by atoms with van der Waals surface area (Å²) in [6.07, 6.45) is 2.78. The predicted octanol–water partition coefficient (Wildman–Crippen LogP) is 2.63. The molecule has 0 bridgehead atoms. The molecule has 1 heterocycles. The van der Waals surface area contributed by atoms with Crippen molar-refractivity contribution in [2.45, 2.75) is 0 Å². The molecule has 1 aromatic rings. The summed E-state index contributed by atoms with van der Waals surface area (Å²) >= 11 is 0. The topological polar surface area (TPSA) is 72.5 Å². The van der Waals surface area contributed by atoms with E-state index in [4.69, 9.17) is 9.68 Å². The molecular weight excluding hydrogens is 217 g/mol. The predicted molar refractivity (Wildman–Crippen MR) is 53.9 cm³/mol. The van der Waals surface area contributed by atoms with E-state index in [0.29, 0.717) is 5.76 Å². The second-order valence-electron chi connectivity index (χ2n) is 2.52. The van der Waals surface area contributed by atoms with Crippen molar-refractivity contribution in [1.29, 1.82) is 5.26 Å². The summed E-state index contributed by atoms with van der Waals surface area (Å²) in [5, 5.41) is 8.74. The molecule has 15 heavy (non-hydrogen) atoms. The second kappa shape index (κ2) is 4.94. The number of hydrogen-bond donors (Lipinski definition) is 0. The minimum Gasteiger partial charge on any atom is -0.465 e. The van der Waals surface area contributed by atoms with E-state index in [1.807, 2.05) is 0 Å². The first-order valence-electron chi connectivity index (χ1n) is 4.03. The molecule has 0 aromatic carbocycles. The number of rotatable bonds is 4. The van der Waals surface area contributed by atoms with Gasteiger partial charge in [-0.2, -0.15) is 5.26 Å². The fourth-order valence-corrected chi connectivity index (χ4v) is 1.90. The third-order valence-corrected chi connectivity index (χ3v) is 3.49. The monoisotopic (exact) mass is 227 g/mol. The Morgan fingerprint density at radius 1 is 1.60 bits per heavy atom. The molecule has 0 atom stereocenters. The van der Waals surface area contributed by atoms with Gasteiger partial charge < -0.3 is 13.5 Å². The molecule has 0 aliphatic carbocycles. The van der Waals surface area contributed by atoms with Gasteiger partial charge in [0.05, 0.1) is 6.26 Å². The highest BCUT2D eigenvalue weighted by molar-refractivity contribution is 7.59. The van der Waals surface area contributed by atoms with Gasteiger partial charge in [-0.3, -0.25) is 4.57 Å². The zero-order chi connectivity index (χ0) is 11.3. The Balaban J connectivity index is 3.10. The Morgan fingerprint density at radius 2 is 2.27 bits per heavy atom. The van der Waals surface area contributed by atoms with Crippen molar-refractivity contribution in [1.82, 2.24) is 0 Å². The number of nitriles is 1. The van der Waals surface area contributed by atoms with Crippen molar-refractivity contribution in [3.05, 3.63) is 29.5 Å². The Bertz CT molecular complexity index is 421. The molecule has 0 aliphatic rings. The van der Waals surface area contributed by atoms with Gasteiger partial charge >= 0.3 is 7.60 Å². The van der Waals surface area contributed by atoms with Gasteiger partial charge in [0.15, 0.2) is 0 Å². The van der Waals surface area contributed by atoms with Gasteiger partial charge in [-0.05, 0) is 12.1 Å². The van der Waals surface area contributed by atoms with Crippen LogP contribution in [0.4, 0.5) is 0 Å². The highest BCUT2D eigenvalue weighted by atomic mass is 31.2. The molecule has 0 aliphatic heterocycles. The highest BCUT2D eigenvalue weighted by Gasteiger charge is 2.27. The van der Waals surface area contributed by atoms with E-state index in [2.05, 4.69) is 9.05 Å². The first-order chi connectivity index (χ1) is 7.16. The molecule has 1 aromatic heterocycles. The molecule has 0 saturated carbocycles. The van der Waals surface area contributed by atoms with Crippen molar-refractivity contribution in [2.24, 2.45) is 0 Å². The Kier molecular flexibility index (Phi) is 3.87. The standard InChI is InChI=1S/C9H10NO4P/c1-12-15(11,13-2)9(7-10)6-8-4-3-5-14-8/h3-6H,1-2H3/b9-6-. The van der Waals surface area contributed by atoms with Gasteiger partial charge in [-0.1, -0.05) is 0 Å². The van der Waals surface area contributed by atoms with Crippen LogP contribution >= 0.6 is 7.60 Å². The molecule has 1 rings (SSSR count). The summed E-state index contributed by atoms with van der Waals surface area (Å²) in [7, 11) is -1.05. The smallest absolute Gasteiger partial charge is 0.371 e. The maximum atomic E-state index is 11.8. The molecule has 80 valence electrons. The normalized spacial score (nSPS) is 12.5. The van der Waals surface area contributed by atoms with E-state index in [0.717, 1.165) is 0 Å². The lowest BCUT2D eigenvalue weighted by atomic mass is 10.4. The van der Waals surface area contributed by atoms with Crippen LogP contribution in [0.3, 0.4) is 0 Å². The van der Waals surface area contributed by atoms with Gasteiger partial charge in [-0.25, -0.2) is 0 Å². The molecule has 0 fully saturated rings. The number of nitrogens with zero attached hydrogens (tertiary/aromatic N) is 1. The van der Waals surface area contributed by atoms with Crippen molar-refractivity contribution in [3.8, 4) is 6.07 Å². The molecule has 0 saturated heterocycles. The van der Waals surface area contributed by atoms with Gasteiger partial charge in [0, 0.05) is 20.3 Å². The summed E-state index contributed by atoms with van der Waals surface area (Å²) < 4.78 is 26.2. The average molecular weight is 227 g/mol. The average Bonchev–Trinajstić information content (AvgIpc) is 2.77. The lowest BCUT2D eigenvalue weighted by Crippen LogP contribution is -1.90. The first kappa shape index (κ1) is 11.7. The molecule has 0 unspecified atom stereocenters. The van der Waals surface area contributed by atoms with Crippen LogP contribution in [-0.2, 0) is 13.6 Å². The fraction of sp³-hybridized carbons (Fsp3) is 0.222. The van der Waals surface area contributed by atoms with Crippen LogP contribution in [0.25, 0.3) is 6.08 Å². The van der Waals surface area contributed by atoms with Crippen LogP contribution in [0.1, 0.15) is 5.76 Å². The quantitative estimate of drug-likeness (QED) is 0.583. The lowest BCUT2D eigenvalue weighted by molar-refractivity contribution is 0.284. The largest absolute Gasteiger partial charge is 0.465 e. The van der Waals surface area contributed by atoms with Crippen LogP contribution in [-0.4, -0.2) is 14.2 Å². The Labute approximate surface area is 87.4 Å². The zero-order valence-corrected chi connectivity index (χ0v) is 9.23. The Morgan fingerprint density at radius 3 is 2.67 bits per heavy atom. The SMILES string of the molecule is COP(=O)(OC)/C(C#N)=C\c1ccco1. The molecule has 6 heteroatoms. The second-order valence-corrected chi connectivity index (χ2v) is 4.73. The third kappa shape index (κ3) is 2.57. The van der Waals surface area contributed by atoms with Crippen molar-refractivity contribution in [3.63, 3.8) is 0 Å². The summed E-state index contributed by atoms with van der Waals surface area (Å²) in [6, 6.07) is 5.06. The van der Waals surface area contributed by atoms with E-state index in [-0.39, 0.29) is 5.31 Å². The molecule has 0 spiro atoms. The molecule has 0 amide bonds. The third-order valence-electron chi connectivity index (χ3n) is 1.71. The maximum absolute atomic E-state index is 11.8. The van der Waals surface area contributed by atoms with Crippen LogP contribution in [0, 0.1) is 11.3 Å². The summed E-state index contributed by atoms with van der Waals surface area (Å²) in [4.78, 5) is 0. The molecule has 5 nitrogen and oxygen atoms in total. The van der Waals surface area contributed by atoms with E-state index in [9.17, 15) is 4.57 Å². The summed E-state index contributed by atoms with van der Waals surface area (Å²) in [6.45, 7) is 0. The van der Waals surface area contributed by atoms with Crippen molar-refractivity contribution < 1.29 is 18.0 Å². The summed E-state index contributed by atoms with van der Waals surface area (Å²) in [5.41, 5.74) is 0. The molecule has 0 radical (unpaired) electrons. The van der Waals surface area contributed by atoms with E-state index >= 15 is 0 Å². The van der Waals surface area contributed by atoms with Gasteiger partial charge in [0.25, 0.3) is 0 Å².